The summed E-state index contributed by atoms with van der Waals surface area (Å²) in [7, 11) is 2.11. The van der Waals surface area contributed by atoms with Gasteiger partial charge < -0.3 is 19.6 Å². The maximum absolute atomic E-state index is 13.6. The van der Waals surface area contributed by atoms with Crippen molar-refractivity contribution < 1.29 is 18.9 Å². The Bertz CT molecular complexity index is 887. The van der Waals surface area contributed by atoms with Gasteiger partial charge >= 0.3 is 6.03 Å². The highest BCUT2D eigenvalue weighted by Crippen LogP contribution is 2.38. The van der Waals surface area contributed by atoms with E-state index < -0.39 is 5.54 Å². The van der Waals surface area contributed by atoms with Crippen LogP contribution in [0.1, 0.15) is 73.7 Å². The average Bonchev–Trinajstić information content (AvgIpc) is 3.43. The van der Waals surface area contributed by atoms with Crippen LogP contribution in [0.25, 0.3) is 0 Å². The van der Waals surface area contributed by atoms with Gasteiger partial charge in [0.2, 0.25) is 0 Å². The second-order valence-corrected chi connectivity index (χ2v) is 9.94. The number of likely N-dealkylation sites (tertiary alicyclic amines) is 2. The molecule has 2 unspecified atom stereocenters. The van der Waals surface area contributed by atoms with Crippen LogP contribution in [-0.2, 0) is 4.79 Å². The van der Waals surface area contributed by atoms with Crippen LogP contribution in [0.5, 0.6) is 0 Å². The summed E-state index contributed by atoms with van der Waals surface area (Å²) in [6, 6.07) is 0.175. The summed E-state index contributed by atoms with van der Waals surface area (Å²) >= 11 is 0. The van der Waals surface area contributed by atoms with Crippen LogP contribution in [-0.4, -0.2) is 82.5 Å². The highest BCUT2D eigenvalue weighted by molar-refractivity contribution is 6.07. The van der Waals surface area contributed by atoms with Crippen molar-refractivity contribution in [3.05, 3.63) is 17.0 Å². The lowest BCUT2D eigenvalue weighted by atomic mass is 9.74. The molecule has 9 heteroatoms. The maximum Gasteiger partial charge on any atom is 0.325 e. The van der Waals surface area contributed by atoms with E-state index in [0.717, 1.165) is 25.8 Å². The monoisotopic (exact) mass is 459 g/mol. The van der Waals surface area contributed by atoms with E-state index in [4.69, 9.17) is 4.52 Å². The Morgan fingerprint density at radius 3 is 2.48 bits per heavy atom. The second kappa shape index (κ2) is 9.44. The van der Waals surface area contributed by atoms with Gasteiger partial charge in [-0.15, -0.1) is 0 Å². The molecule has 0 aliphatic carbocycles. The first-order valence-electron chi connectivity index (χ1n) is 12.3. The van der Waals surface area contributed by atoms with Gasteiger partial charge in [0.25, 0.3) is 11.8 Å². The molecule has 3 aliphatic rings. The Morgan fingerprint density at radius 2 is 1.91 bits per heavy atom. The van der Waals surface area contributed by atoms with Crippen molar-refractivity contribution >= 4 is 17.8 Å². The van der Waals surface area contributed by atoms with Gasteiger partial charge in [0.15, 0.2) is 0 Å². The minimum Gasteiger partial charge on any atom is -0.361 e. The van der Waals surface area contributed by atoms with Crippen LogP contribution in [0.4, 0.5) is 4.79 Å². The fourth-order valence-electron chi connectivity index (χ4n) is 6.04. The number of carbonyl (C=O) groups excluding carboxylic acids is 3. The smallest absolute Gasteiger partial charge is 0.325 e. The first kappa shape index (κ1) is 23.7. The van der Waals surface area contributed by atoms with E-state index in [1.54, 1.807) is 13.8 Å². The highest BCUT2D eigenvalue weighted by atomic mass is 16.5. The third kappa shape index (κ3) is 4.27. The van der Waals surface area contributed by atoms with Gasteiger partial charge in [0, 0.05) is 25.7 Å². The molecule has 3 aliphatic heterocycles. The topological polar surface area (TPSA) is 99.0 Å². The molecule has 2 atom stereocenters. The molecule has 4 rings (SSSR count). The van der Waals surface area contributed by atoms with E-state index in [-0.39, 0.29) is 23.8 Å². The molecule has 1 N–H and O–H groups in total. The molecule has 4 heterocycles. The van der Waals surface area contributed by atoms with E-state index in [1.165, 1.54) is 11.3 Å². The number of carbonyl (C=O) groups is 3. The Balaban J connectivity index is 1.43. The Labute approximate surface area is 195 Å². The van der Waals surface area contributed by atoms with Crippen LogP contribution < -0.4 is 5.32 Å². The summed E-state index contributed by atoms with van der Waals surface area (Å²) in [5, 5.41) is 7.01. The van der Waals surface area contributed by atoms with Crippen molar-refractivity contribution in [2.45, 2.75) is 77.3 Å². The average molecular weight is 460 g/mol. The molecule has 1 aromatic heterocycles. The molecule has 1 aromatic rings. The summed E-state index contributed by atoms with van der Waals surface area (Å²) in [5.74, 6) is 0.398. The third-order valence-electron chi connectivity index (χ3n) is 7.93. The van der Waals surface area contributed by atoms with E-state index in [1.807, 2.05) is 11.8 Å². The SMILES string of the molecule is CCCC1(C2CCN(C(=O)c3c(C)noc3C)CC2)NC(=O)N(CCC2CCCN2C)C1=O. The van der Waals surface area contributed by atoms with Gasteiger partial charge in [-0.25, -0.2) is 4.79 Å². The predicted molar refractivity (Wildman–Crippen MR) is 123 cm³/mol. The fraction of sp³-hybridized carbons (Fsp3) is 0.750. The van der Waals surface area contributed by atoms with Gasteiger partial charge in [-0.1, -0.05) is 18.5 Å². The lowest BCUT2D eigenvalue weighted by Crippen LogP contribution is -2.56. The van der Waals surface area contributed by atoms with E-state index >= 15 is 0 Å². The van der Waals surface area contributed by atoms with E-state index in [9.17, 15) is 14.4 Å². The fourth-order valence-corrected chi connectivity index (χ4v) is 6.04. The molecule has 182 valence electrons. The van der Waals surface area contributed by atoms with Crippen LogP contribution in [0.15, 0.2) is 4.52 Å². The van der Waals surface area contributed by atoms with Crippen LogP contribution in [0.2, 0.25) is 0 Å². The molecular formula is C24H37N5O4. The molecule has 3 saturated heterocycles. The molecule has 0 aromatic carbocycles. The van der Waals surface area contributed by atoms with Crippen molar-refractivity contribution in [2.75, 3.05) is 33.2 Å². The first-order chi connectivity index (χ1) is 15.8. The normalized spacial score (nSPS) is 27.0. The standard InChI is InChI=1S/C24H37N5O4/c1-5-11-24(22(31)29(23(32)25-24)15-10-19-7-6-12-27(19)4)18-8-13-28(14-9-18)21(30)20-16(2)26-33-17(20)3/h18-19H,5-15H2,1-4H3,(H,25,32). The number of hydrogen-bond donors (Lipinski definition) is 1. The van der Waals surface area contributed by atoms with Crippen molar-refractivity contribution in [3.63, 3.8) is 0 Å². The van der Waals surface area contributed by atoms with Crippen LogP contribution in [0, 0.1) is 19.8 Å². The number of amides is 4. The van der Waals surface area contributed by atoms with Gasteiger partial charge in [-0.05, 0) is 71.9 Å². The van der Waals surface area contributed by atoms with Crippen LogP contribution in [0.3, 0.4) is 0 Å². The van der Waals surface area contributed by atoms with Crippen LogP contribution >= 0.6 is 0 Å². The zero-order valence-electron chi connectivity index (χ0n) is 20.4. The molecule has 0 saturated carbocycles. The quantitative estimate of drug-likeness (QED) is 0.630. The van der Waals surface area contributed by atoms with Gasteiger partial charge in [-0.3, -0.25) is 14.5 Å². The number of imide groups is 1. The molecule has 33 heavy (non-hydrogen) atoms. The maximum atomic E-state index is 13.6. The zero-order chi connectivity index (χ0) is 23.8. The minimum absolute atomic E-state index is 0.0155. The van der Waals surface area contributed by atoms with Crippen molar-refractivity contribution in [1.82, 2.24) is 25.2 Å². The van der Waals surface area contributed by atoms with E-state index in [0.29, 0.717) is 62.0 Å². The number of hydrogen-bond acceptors (Lipinski definition) is 6. The Kier molecular flexibility index (Phi) is 6.79. The summed E-state index contributed by atoms with van der Waals surface area (Å²) < 4.78 is 5.16. The largest absolute Gasteiger partial charge is 0.361 e. The summed E-state index contributed by atoms with van der Waals surface area (Å²) in [6.07, 6.45) is 5.91. The molecule has 0 radical (unpaired) electrons. The summed E-state index contributed by atoms with van der Waals surface area (Å²) in [5.41, 5.74) is 0.278. The van der Waals surface area contributed by atoms with Gasteiger partial charge in [0.1, 0.15) is 16.9 Å². The molecule has 9 nitrogen and oxygen atoms in total. The van der Waals surface area contributed by atoms with Gasteiger partial charge in [0.05, 0.1) is 5.69 Å². The van der Waals surface area contributed by atoms with Crippen molar-refractivity contribution in [1.29, 1.82) is 0 Å². The Hall–Kier alpha value is -2.42. The minimum atomic E-state index is -0.856. The lowest BCUT2D eigenvalue weighted by molar-refractivity contribution is -0.134. The lowest BCUT2D eigenvalue weighted by Gasteiger charge is -2.41. The predicted octanol–water partition coefficient (Wildman–Crippen LogP) is 2.72. The Morgan fingerprint density at radius 1 is 1.18 bits per heavy atom. The van der Waals surface area contributed by atoms with Crippen molar-refractivity contribution in [2.24, 2.45) is 5.92 Å². The number of nitrogens with one attached hydrogen (secondary N) is 1. The number of aryl methyl sites for hydroxylation is 2. The molecule has 0 spiro atoms. The number of nitrogens with zero attached hydrogens (tertiary/aromatic N) is 4. The molecule has 3 fully saturated rings. The molecular weight excluding hydrogens is 422 g/mol. The molecule has 4 amide bonds. The number of aromatic nitrogens is 1. The first-order valence-corrected chi connectivity index (χ1v) is 12.3. The van der Waals surface area contributed by atoms with Gasteiger partial charge in [-0.2, -0.15) is 0 Å². The second-order valence-electron chi connectivity index (χ2n) is 9.94. The van der Waals surface area contributed by atoms with Crippen molar-refractivity contribution in [3.8, 4) is 0 Å². The third-order valence-corrected chi connectivity index (χ3v) is 7.93. The number of urea groups is 1. The van der Waals surface area contributed by atoms with E-state index in [2.05, 4.69) is 22.4 Å². The number of rotatable bonds is 7. The number of piperidine rings is 1. The molecule has 0 bridgehead atoms. The highest BCUT2D eigenvalue weighted by Gasteiger charge is 2.55. The summed E-state index contributed by atoms with van der Waals surface area (Å²) in [6.45, 7) is 8.22. The summed E-state index contributed by atoms with van der Waals surface area (Å²) in [4.78, 5) is 45.1. The zero-order valence-corrected chi connectivity index (χ0v) is 20.4.